The van der Waals surface area contributed by atoms with Gasteiger partial charge < -0.3 is 21.3 Å². The van der Waals surface area contributed by atoms with E-state index >= 15 is 0 Å². The summed E-state index contributed by atoms with van der Waals surface area (Å²) < 4.78 is 0. The Morgan fingerprint density at radius 1 is 0.760 bits per heavy atom. The minimum Gasteiger partial charge on any atom is -0.355 e. The first-order valence-corrected chi connectivity index (χ1v) is 9.28. The summed E-state index contributed by atoms with van der Waals surface area (Å²) in [6, 6.07) is 9.98. The van der Waals surface area contributed by atoms with E-state index in [1.54, 1.807) is 0 Å². The smallest absolute Gasteiger partial charge is 0.232 e. The van der Waals surface area contributed by atoms with Gasteiger partial charge in [0.1, 0.15) is 5.92 Å². The first-order valence-electron chi connectivity index (χ1n) is 9.28. The lowest BCUT2D eigenvalue weighted by Gasteiger charge is -2.17. The number of carbonyl (C=O) groups excluding carboxylic acids is 2. The van der Waals surface area contributed by atoms with E-state index in [2.05, 4.69) is 21.3 Å². The lowest BCUT2D eigenvalue weighted by molar-refractivity contribution is -0.135. The number of amides is 2. The van der Waals surface area contributed by atoms with Gasteiger partial charge in [0, 0.05) is 26.2 Å². The van der Waals surface area contributed by atoms with Crippen molar-refractivity contribution in [3.8, 4) is 0 Å². The van der Waals surface area contributed by atoms with Gasteiger partial charge >= 0.3 is 0 Å². The highest BCUT2D eigenvalue weighted by Gasteiger charge is 2.25. The van der Waals surface area contributed by atoms with Gasteiger partial charge in [-0.25, -0.2) is 0 Å². The molecule has 0 saturated carbocycles. The first kappa shape index (κ1) is 19.4. The molecule has 1 aromatic carbocycles. The molecule has 1 aliphatic heterocycles. The molecule has 2 rings (SSSR count). The van der Waals surface area contributed by atoms with E-state index < -0.39 is 5.92 Å². The van der Waals surface area contributed by atoms with Crippen molar-refractivity contribution in [3.63, 3.8) is 0 Å². The zero-order valence-corrected chi connectivity index (χ0v) is 14.9. The first-order chi connectivity index (χ1) is 12.3. The highest BCUT2D eigenvalue weighted by atomic mass is 16.2. The van der Waals surface area contributed by atoms with Crippen molar-refractivity contribution in [2.45, 2.75) is 25.7 Å². The summed E-state index contributed by atoms with van der Waals surface area (Å²) in [6.45, 7) is 4.74. The van der Waals surface area contributed by atoms with Crippen LogP contribution in [0.5, 0.6) is 0 Å². The fraction of sp³-hybridized carbons (Fsp3) is 0.579. The molecule has 1 aliphatic rings. The van der Waals surface area contributed by atoms with E-state index in [0.29, 0.717) is 19.5 Å². The number of hydrogen-bond donors (Lipinski definition) is 4. The van der Waals surface area contributed by atoms with Crippen LogP contribution in [-0.4, -0.2) is 51.1 Å². The van der Waals surface area contributed by atoms with Crippen molar-refractivity contribution < 1.29 is 9.59 Å². The maximum atomic E-state index is 12.5. The molecule has 0 spiro atoms. The maximum Gasteiger partial charge on any atom is 0.232 e. The number of rotatable bonds is 3. The summed E-state index contributed by atoms with van der Waals surface area (Å²) in [5.74, 6) is -0.964. The van der Waals surface area contributed by atoms with Crippen molar-refractivity contribution in [1.29, 1.82) is 0 Å². The molecule has 1 fully saturated rings. The van der Waals surface area contributed by atoms with Crippen molar-refractivity contribution in [1.82, 2.24) is 21.3 Å². The number of carbonyl (C=O) groups is 2. The Hall–Kier alpha value is -1.92. The standard InChI is InChI=1S/C19H30N4O2/c24-18-17(9-8-16-6-2-1-3-7-16)19(25)23-13-5-11-21-15-14-20-10-4-12-22-18/h1-3,6-7,17,20-21H,4-5,8-15H2,(H,22,24)(H,23,25). The Labute approximate surface area is 150 Å². The molecule has 1 aromatic rings. The lowest BCUT2D eigenvalue weighted by Crippen LogP contribution is -2.42. The molecule has 0 bridgehead atoms. The largest absolute Gasteiger partial charge is 0.355 e. The lowest BCUT2D eigenvalue weighted by atomic mass is 9.97. The highest BCUT2D eigenvalue weighted by Crippen LogP contribution is 2.11. The predicted molar refractivity (Wildman–Crippen MR) is 99.2 cm³/mol. The third-order valence-electron chi connectivity index (χ3n) is 4.34. The average Bonchev–Trinajstić information content (AvgIpc) is 2.63. The van der Waals surface area contributed by atoms with Crippen LogP contribution >= 0.6 is 0 Å². The van der Waals surface area contributed by atoms with Gasteiger partial charge in [-0.1, -0.05) is 30.3 Å². The summed E-state index contributed by atoms with van der Waals surface area (Å²) in [5, 5.41) is 12.5. The maximum absolute atomic E-state index is 12.5. The van der Waals surface area contributed by atoms with Gasteiger partial charge in [-0.05, 0) is 44.3 Å². The number of hydrogen-bond acceptors (Lipinski definition) is 4. The van der Waals surface area contributed by atoms with E-state index in [0.717, 1.165) is 51.0 Å². The number of aryl methyl sites for hydroxylation is 1. The quantitative estimate of drug-likeness (QED) is 0.599. The van der Waals surface area contributed by atoms with Crippen molar-refractivity contribution in [3.05, 3.63) is 35.9 Å². The van der Waals surface area contributed by atoms with Crippen LogP contribution < -0.4 is 21.3 Å². The normalized spacial score (nSPS) is 19.4. The summed E-state index contributed by atoms with van der Waals surface area (Å²) in [4.78, 5) is 25.0. The van der Waals surface area contributed by atoms with Crippen LogP contribution in [-0.2, 0) is 16.0 Å². The van der Waals surface area contributed by atoms with Crippen LogP contribution in [0.2, 0.25) is 0 Å². The monoisotopic (exact) mass is 346 g/mol. The van der Waals surface area contributed by atoms with E-state index in [1.165, 1.54) is 0 Å². The Morgan fingerprint density at radius 2 is 1.32 bits per heavy atom. The Bertz CT molecular complexity index is 495. The molecule has 4 N–H and O–H groups in total. The SMILES string of the molecule is O=C1NCCCNCCNCCCNC(=O)C1CCc1ccccc1. The molecule has 6 nitrogen and oxygen atoms in total. The van der Waals surface area contributed by atoms with Gasteiger partial charge in [-0.2, -0.15) is 0 Å². The predicted octanol–water partition coefficient (Wildman–Crippen LogP) is 0.441. The second-order valence-electron chi connectivity index (χ2n) is 6.37. The van der Waals surface area contributed by atoms with Gasteiger partial charge in [0.25, 0.3) is 0 Å². The molecule has 0 aliphatic carbocycles. The Morgan fingerprint density at radius 3 is 1.88 bits per heavy atom. The number of benzene rings is 1. The molecule has 2 amide bonds. The van der Waals surface area contributed by atoms with Crippen LogP contribution in [0.15, 0.2) is 30.3 Å². The third-order valence-corrected chi connectivity index (χ3v) is 4.34. The molecule has 0 aromatic heterocycles. The molecule has 25 heavy (non-hydrogen) atoms. The third kappa shape index (κ3) is 7.67. The summed E-state index contributed by atoms with van der Waals surface area (Å²) >= 11 is 0. The molecule has 6 heteroatoms. The molecule has 138 valence electrons. The van der Waals surface area contributed by atoms with Crippen molar-refractivity contribution in [2.75, 3.05) is 39.3 Å². The Kier molecular flexibility index (Phi) is 9.01. The van der Waals surface area contributed by atoms with Gasteiger partial charge in [0.05, 0.1) is 0 Å². The molecular formula is C19H30N4O2. The highest BCUT2D eigenvalue weighted by molar-refractivity contribution is 6.00. The van der Waals surface area contributed by atoms with Crippen molar-refractivity contribution >= 4 is 11.8 Å². The van der Waals surface area contributed by atoms with Crippen molar-refractivity contribution in [2.24, 2.45) is 5.92 Å². The van der Waals surface area contributed by atoms with E-state index in [1.807, 2.05) is 30.3 Å². The minimum atomic E-state index is -0.633. The molecule has 0 atom stereocenters. The summed E-state index contributed by atoms with van der Waals surface area (Å²) in [5.41, 5.74) is 1.15. The second-order valence-corrected chi connectivity index (χ2v) is 6.37. The summed E-state index contributed by atoms with van der Waals surface area (Å²) in [7, 11) is 0. The van der Waals surface area contributed by atoms with E-state index in [-0.39, 0.29) is 11.8 Å². The molecule has 1 heterocycles. The molecule has 0 unspecified atom stereocenters. The zero-order valence-electron chi connectivity index (χ0n) is 14.9. The van der Waals surface area contributed by atoms with Crippen LogP contribution in [0.1, 0.15) is 24.8 Å². The minimum absolute atomic E-state index is 0.165. The van der Waals surface area contributed by atoms with Crippen LogP contribution in [0.3, 0.4) is 0 Å². The van der Waals surface area contributed by atoms with Crippen LogP contribution in [0, 0.1) is 5.92 Å². The average molecular weight is 346 g/mol. The van der Waals surface area contributed by atoms with Crippen LogP contribution in [0.4, 0.5) is 0 Å². The van der Waals surface area contributed by atoms with E-state index in [4.69, 9.17) is 0 Å². The van der Waals surface area contributed by atoms with Gasteiger partial charge in [-0.15, -0.1) is 0 Å². The van der Waals surface area contributed by atoms with E-state index in [9.17, 15) is 9.59 Å². The van der Waals surface area contributed by atoms with Gasteiger partial charge in [-0.3, -0.25) is 9.59 Å². The fourth-order valence-corrected chi connectivity index (χ4v) is 2.86. The van der Waals surface area contributed by atoms with Gasteiger partial charge in [0.2, 0.25) is 11.8 Å². The number of nitrogens with one attached hydrogen (secondary N) is 4. The second kappa shape index (κ2) is 11.6. The fourth-order valence-electron chi connectivity index (χ4n) is 2.86. The van der Waals surface area contributed by atoms with Crippen LogP contribution in [0.25, 0.3) is 0 Å². The topological polar surface area (TPSA) is 82.3 Å². The Balaban J connectivity index is 1.92. The zero-order chi connectivity index (χ0) is 17.7. The molecular weight excluding hydrogens is 316 g/mol. The molecule has 0 radical (unpaired) electrons. The molecule has 1 saturated heterocycles. The summed E-state index contributed by atoms with van der Waals surface area (Å²) in [6.07, 6.45) is 2.96. The van der Waals surface area contributed by atoms with Gasteiger partial charge in [0.15, 0.2) is 0 Å².